The van der Waals surface area contributed by atoms with E-state index in [9.17, 15) is 0 Å². The first-order chi connectivity index (χ1) is 9.24. The standard InChI is InChI=1S/C15H19N3O/c1-11-5-7-12(8-6-11)10-13(18-16)15-14(19-2)4-3-9-17-15/h3-9,13,18H,10,16H2,1-2H3. The lowest BCUT2D eigenvalue weighted by atomic mass is 10.0. The Bertz CT molecular complexity index is 525. The lowest BCUT2D eigenvalue weighted by Gasteiger charge is -2.18. The van der Waals surface area contributed by atoms with Gasteiger partial charge >= 0.3 is 0 Å². The van der Waals surface area contributed by atoms with Gasteiger partial charge < -0.3 is 4.74 Å². The molecule has 4 heteroatoms. The van der Waals surface area contributed by atoms with Gasteiger partial charge in [-0.3, -0.25) is 16.3 Å². The van der Waals surface area contributed by atoms with Crippen LogP contribution in [0, 0.1) is 6.92 Å². The third-order valence-corrected chi connectivity index (χ3v) is 3.11. The molecule has 0 aliphatic rings. The number of hydrogen-bond acceptors (Lipinski definition) is 4. The summed E-state index contributed by atoms with van der Waals surface area (Å²) in [5.74, 6) is 6.41. The van der Waals surface area contributed by atoms with E-state index in [-0.39, 0.29) is 6.04 Å². The van der Waals surface area contributed by atoms with Crippen LogP contribution in [0.4, 0.5) is 0 Å². The fourth-order valence-corrected chi connectivity index (χ4v) is 2.03. The maximum absolute atomic E-state index is 5.66. The van der Waals surface area contributed by atoms with Crippen LogP contribution in [0.3, 0.4) is 0 Å². The second-order valence-electron chi connectivity index (χ2n) is 4.50. The minimum Gasteiger partial charge on any atom is -0.495 e. The van der Waals surface area contributed by atoms with E-state index in [4.69, 9.17) is 10.6 Å². The molecule has 1 heterocycles. The van der Waals surface area contributed by atoms with Crippen molar-refractivity contribution in [2.75, 3.05) is 7.11 Å². The van der Waals surface area contributed by atoms with E-state index in [0.29, 0.717) is 0 Å². The molecule has 0 amide bonds. The number of aryl methyl sites for hydroxylation is 1. The largest absolute Gasteiger partial charge is 0.495 e. The Morgan fingerprint density at radius 1 is 1.26 bits per heavy atom. The first kappa shape index (κ1) is 13.5. The van der Waals surface area contributed by atoms with Crippen LogP contribution < -0.4 is 16.0 Å². The summed E-state index contributed by atoms with van der Waals surface area (Å²) in [5, 5.41) is 0. The van der Waals surface area contributed by atoms with Gasteiger partial charge in [-0.2, -0.15) is 0 Å². The van der Waals surface area contributed by atoms with Gasteiger partial charge in [-0.25, -0.2) is 0 Å². The Labute approximate surface area is 113 Å². The first-order valence-corrected chi connectivity index (χ1v) is 6.25. The predicted molar refractivity (Wildman–Crippen MR) is 75.7 cm³/mol. The van der Waals surface area contributed by atoms with E-state index >= 15 is 0 Å². The zero-order chi connectivity index (χ0) is 13.7. The Balaban J connectivity index is 2.22. The maximum Gasteiger partial charge on any atom is 0.142 e. The van der Waals surface area contributed by atoms with Crippen molar-refractivity contribution in [1.29, 1.82) is 0 Å². The highest BCUT2D eigenvalue weighted by Gasteiger charge is 2.16. The number of nitrogens with one attached hydrogen (secondary N) is 1. The highest BCUT2D eigenvalue weighted by Crippen LogP contribution is 2.24. The molecule has 19 heavy (non-hydrogen) atoms. The fraction of sp³-hybridized carbons (Fsp3) is 0.267. The van der Waals surface area contributed by atoms with E-state index in [2.05, 4.69) is 41.6 Å². The minimum absolute atomic E-state index is 0.0705. The monoisotopic (exact) mass is 257 g/mol. The maximum atomic E-state index is 5.66. The Morgan fingerprint density at radius 2 is 2.00 bits per heavy atom. The first-order valence-electron chi connectivity index (χ1n) is 6.25. The number of rotatable bonds is 5. The second kappa shape index (κ2) is 6.31. The molecular formula is C15H19N3O. The van der Waals surface area contributed by atoms with Crippen LogP contribution in [0.1, 0.15) is 22.9 Å². The van der Waals surface area contributed by atoms with Crippen molar-refractivity contribution in [3.63, 3.8) is 0 Å². The van der Waals surface area contributed by atoms with Crippen LogP contribution in [0.25, 0.3) is 0 Å². The average molecular weight is 257 g/mol. The number of ether oxygens (including phenoxy) is 1. The molecular weight excluding hydrogens is 238 g/mol. The quantitative estimate of drug-likeness (QED) is 0.636. The summed E-state index contributed by atoms with van der Waals surface area (Å²) in [5.41, 5.74) is 6.10. The predicted octanol–water partition coefficient (Wildman–Crippen LogP) is 2.15. The Kier molecular flexibility index (Phi) is 4.49. The minimum atomic E-state index is -0.0705. The SMILES string of the molecule is COc1cccnc1C(Cc1ccc(C)cc1)NN. The molecule has 0 aliphatic carbocycles. The topological polar surface area (TPSA) is 60.2 Å². The molecule has 0 saturated carbocycles. The van der Waals surface area contributed by atoms with Gasteiger partial charge in [-0.1, -0.05) is 29.8 Å². The summed E-state index contributed by atoms with van der Waals surface area (Å²) in [7, 11) is 1.64. The van der Waals surface area contributed by atoms with Gasteiger partial charge in [-0.15, -0.1) is 0 Å². The highest BCUT2D eigenvalue weighted by molar-refractivity contribution is 5.31. The summed E-state index contributed by atoms with van der Waals surface area (Å²) in [6, 6.07) is 12.1. The zero-order valence-electron chi connectivity index (χ0n) is 11.3. The van der Waals surface area contributed by atoms with Crippen molar-refractivity contribution in [3.05, 3.63) is 59.4 Å². The number of hydrogen-bond donors (Lipinski definition) is 2. The summed E-state index contributed by atoms with van der Waals surface area (Å²) in [4.78, 5) is 4.37. The van der Waals surface area contributed by atoms with E-state index < -0.39 is 0 Å². The number of benzene rings is 1. The van der Waals surface area contributed by atoms with E-state index in [0.717, 1.165) is 17.9 Å². The molecule has 2 aromatic rings. The fourth-order valence-electron chi connectivity index (χ4n) is 2.03. The number of hydrazine groups is 1. The Morgan fingerprint density at radius 3 is 2.63 bits per heavy atom. The van der Waals surface area contributed by atoms with Crippen LogP contribution in [-0.2, 0) is 6.42 Å². The molecule has 1 unspecified atom stereocenters. The van der Waals surface area contributed by atoms with Crippen LogP contribution >= 0.6 is 0 Å². The van der Waals surface area contributed by atoms with E-state index in [1.165, 1.54) is 11.1 Å². The summed E-state index contributed by atoms with van der Waals surface area (Å²) in [6.45, 7) is 2.07. The van der Waals surface area contributed by atoms with Gasteiger partial charge in [0.1, 0.15) is 11.4 Å². The Hall–Kier alpha value is -1.91. The van der Waals surface area contributed by atoms with E-state index in [1.807, 2.05) is 12.1 Å². The van der Waals surface area contributed by atoms with Crippen molar-refractivity contribution in [2.45, 2.75) is 19.4 Å². The molecule has 0 spiro atoms. The molecule has 1 atom stereocenters. The normalized spacial score (nSPS) is 12.2. The molecule has 1 aromatic heterocycles. The van der Waals surface area contributed by atoms with Crippen LogP contribution in [0.15, 0.2) is 42.6 Å². The summed E-state index contributed by atoms with van der Waals surface area (Å²) in [6.07, 6.45) is 2.52. The van der Waals surface area contributed by atoms with Crippen molar-refractivity contribution in [2.24, 2.45) is 5.84 Å². The summed E-state index contributed by atoms with van der Waals surface area (Å²) < 4.78 is 5.33. The van der Waals surface area contributed by atoms with Crippen LogP contribution in [-0.4, -0.2) is 12.1 Å². The third-order valence-electron chi connectivity index (χ3n) is 3.11. The molecule has 0 radical (unpaired) electrons. The van der Waals surface area contributed by atoms with Gasteiger partial charge in [0.2, 0.25) is 0 Å². The molecule has 4 nitrogen and oxygen atoms in total. The van der Waals surface area contributed by atoms with Gasteiger partial charge in [0, 0.05) is 6.20 Å². The smallest absolute Gasteiger partial charge is 0.142 e. The number of pyridine rings is 1. The molecule has 0 aliphatic heterocycles. The van der Waals surface area contributed by atoms with Gasteiger partial charge in [0.15, 0.2) is 0 Å². The lowest BCUT2D eigenvalue weighted by molar-refractivity contribution is 0.394. The number of aromatic nitrogens is 1. The molecule has 1 aromatic carbocycles. The molecule has 0 saturated heterocycles. The van der Waals surface area contributed by atoms with Gasteiger partial charge in [-0.05, 0) is 31.0 Å². The number of nitrogens with zero attached hydrogens (tertiary/aromatic N) is 1. The average Bonchev–Trinajstić information content (AvgIpc) is 2.46. The van der Waals surface area contributed by atoms with E-state index in [1.54, 1.807) is 13.3 Å². The van der Waals surface area contributed by atoms with Gasteiger partial charge in [0.25, 0.3) is 0 Å². The second-order valence-corrected chi connectivity index (χ2v) is 4.50. The molecule has 2 rings (SSSR count). The molecule has 0 bridgehead atoms. The zero-order valence-corrected chi connectivity index (χ0v) is 11.3. The van der Waals surface area contributed by atoms with Gasteiger partial charge in [0.05, 0.1) is 13.2 Å². The van der Waals surface area contributed by atoms with Crippen molar-refractivity contribution >= 4 is 0 Å². The summed E-state index contributed by atoms with van der Waals surface area (Å²) >= 11 is 0. The molecule has 3 N–H and O–H groups in total. The molecule has 0 fully saturated rings. The number of nitrogens with two attached hydrogens (primary N) is 1. The molecule has 100 valence electrons. The van der Waals surface area contributed by atoms with Crippen molar-refractivity contribution in [1.82, 2.24) is 10.4 Å². The lowest BCUT2D eigenvalue weighted by Crippen LogP contribution is -2.30. The third kappa shape index (κ3) is 3.30. The van der Waals surface area contributed by atoms with Crippen molar-refractivity contribution in [3.8, 4) is 5.75 Å². The van der Waals surface area contributed by atoms with Crippen molar-refractivity contribution < 1.29 is 4.74 Å². The van der Waals surface area contributed by atoms with Crippen LogP contribution in [0.5, 0.6) is 5.75 Å². The van der Waals surface area contributed by atoms with Crippen LogP contribution in [0.2, 0.25) is 0 Å². The highest BCUT2D eigenvalue weighted by atomic mass is 16.5. The number of methoxy groups -OCH3 is 1.